The van der Waals surface area contributed by atoms with Crippen LogP contribution in [0.3, 0.4) is 0 Å². The van der Waals surface area contributed by atoms with E-state index in [0.29, 0.717) is 5.75 Å². The van der Waals surface area contributed by atoms with Gasteiger partial charge in [-0.05, 0) is 76.1 Å². The Balaban J connectivity index is 0.00000361. The second-order valence-electron chi connectivity index (χ2n) is 11.5. The highest BCUT2D eigenvalue weighted by Crippen LogP contribution is 2.58. The molecule has 0 unspecified atom stereocenters. The van der Waals surface area contributed by atoms with Crippen molar-refractivity contribution in [3.8, 4) is 5.75 Å². The standard InChI is InChI=1S/C33H37OP.BrH/c1-32(2,3)29-22-25(23-30(31(29)34)33(4,5)6)24-35(26-16-10-7-11-17-26,27-18-12-8-13-19-27)28-20-14-9-15-21-28;/h7-23H,24H2,1-6H3;1H. The molecule has 3 heteroatoms. The van der Waals surface area contributed by atoms with Crippen LogP contribution >= 0.6 is 7.26 Å². The molecule has 0 aliphatic rings. The number of phenols is 1. The first-order valence-corrected chi connectivity index (χ1v) is 14.4. The lowest BCUT2D eigenvalue weighted by Crippen LogP contribution is -3.00. The molecule has 0 saturated carbocycles. The van der Waals surface area contributed by atoms with Crippen molar-refractivity contribution in [2.75, 3.05) is 0 Å². The van der Waals surface area contributed by atoms with Gasteiger partial charge >= 0.3 is 0 Å². The minimum atomic E-state index is -2.02. The van der Waals surface area contributed by atoms with Gasteiger partial charge in [-0.2, -0.15) is 0 Å². The van der Waals surface area contributed by atoms with Crippen LogP contribution in [0.15, 0.2) is 103 Å². The summed E-state index contributed by atoms with van der Waals surface area (Å²) in [6.07, 6.45) is 0.900. The van der Waals surface area contributed by atoms with Crippen LogP contribution in [0, 0.1) is 0 Å². The molecule has 1 nitrogen and oxygen atoms in total. The van der Waals surface area contributed by atoms with Crippen LogP contribution in [0.1, 0.15) is 58.2 Å². The third-order valence-corrected chi connectivity index (χ3v) is 11.2. The van der Waals surface area contributed by atoms with Gasteiger partial charge in [0, 0.05) is 0 Å². The van der Waals surface area contributed by atoms with Crippen LogP contribution in [-0.2, 0) is 17.0 Å². The largest absolute Gasteiger partial charge is 1.00 e. The highest BCUT2D eigenvalue weighted by molar-refractivity contribution is 7.95. The van der Waals surface area contributed by atoms with Gasteiger partial charge in [0.25, 0.3) is 0 Å². The molecular formula is C33H38BrOP. The molecule has 0 aliphatic heterocycles. The summed E-state index contributed by atoms with van der Waals surface area (Å²) < 4.78 is 0. The lowest BCUT2D eigenvalue weighted by Gasteiger charge is -2.31. The van der Waals surface area contributed by atoms with Gasteiger partial charge in [0.1, 0.15) is 28.9 Å². The highest BCUT2D eigenvalue weighted by atomic mass is 79.9. The van der Waals surface area contributed by atoms with Crippen LogP contribution < -0.4 is 32.9 Å². The van der Waals surface area contributed by atoms with Crippen LogP contribution in [0.25, 0.3) is 0 Å². The summed E-state index contributed by atoms with van der Waals surface area (Å²) in [6.45, 7) is 13.1. The summed E-state index contributed by atoms with van der Waals surface area (Å²) in [4.78, 5) is 0. The molecule has 4 aromatic carbocycles. The Labute approximate surface area is 228 Å². The van der Waals surface area contributed by atoms with Crippen molar-refractivity contribution in [2.45, 2.75) is 58.5 Å². The minimum absolute atomic E-state index is 0. The fourth-order valence-corrected chi connectivity index (χ4v) is 9.19. The predicted molar refractivity (Wildman–Crippen MR) is 154 cm³/mol. The molecule has 0 aliphatic carbocycles. The molecule has 4 rings (SSSR count). The van der Waals surface area contributed by atoms with Crippen molar-refractivity contribution >= 4 is 23.2 Å². The maximum atomic E-state index is 11.3. The van der Waals surface area contributed by atoms with E-state index in [2.05, 4.69) is 145 Å². The first-order chi connectivity index (χ1) is 16.5. The smallest absolute Gasteiger partial charge is 0.123 e. The van der Waals surface area contributed by atoms with Crippen molar-refractivity contribution < 1.29 is 22.1 Å². The van der Waals surface area contributed by atoms with E-state index in [1.54, 1.807) is 0 Å². The Bertz CT molecular complexity index is 1140. The Morgan fingerprint density at radius 1 is 0.556 bits per heavy atom. The van der Waals surface area contributed by atoms with Crippen molar-refractivity contribution in [1.29, 1.82) is 0 Å². The number of halogens is 1. The first-order valence-electron chi connectivity index (χ1n) is 12.5. The van der Waals surface area contributed by atoms with E-state index >= 15 is 0 Å². The molecule has 0 atom stereocenters. The first kappa shape index (κ1) is 28.2. The number of hydrogen-bond acceptors (Lipinski definition) is 1. The molecule has 0 amide bonds. The van der Waals surface area contributed by atoms with E-state index in [4.69, 9.17) is 0 Å². The van der Waals surface area contributed by atoms with Gasteiger partial charge < -0.3 is 22.1 Å². The summed E-state index contributed by atoms with van der Waals surface area (Å²) in [7, 11) is -2.02. The molecule has 0 radical (unpaired) electrons. The van der Waals surface area contributed by atoms with E-state index < -0.39 is 7.26 Å². The molecule has 0 fully saturated rings. The van der Waals surface area contributed by atoms with E-state index in [9.17, 15) is 5.11 Å². The maximum absolute atomic E-state index is 11.3. The van der Waals surface area contributed by atoms with Gasteiger partial charge in [0.2, 0.25) is 0 Å². The van der Waals surface area contributed by atoms with Gasteiger partial charge in [0.05, 0.1) is 6.16 Å². The average molecular weight is 562 g/mol. The molecule has 36 heavy (non-hydrogen) atoms. The van der Waals surface area contributed by atoms with Crippen LogP contribution in [-0.4, -0.2) is 5.11 Å². The van der Waals surface area contributed by atoms with Crippen LogP contribution in [0.4, 0.5) is 0 Å². The summed E-state index contributed by atoms with van der Waals surface area (Å²) in [5.74, 6) is 0.441. The van der Waals surface area contributed by atoms with Crippen molar-refractivity contribution in [3.05, 3.63) is 120 Å². The topological polar surface area (TPSA) is 20.2 Å². The fourth-order valence-electron chi connectivity index (χ4n) is 4.97. The van der Waals surface area contributed by atoms with Gasteiger partial charge in [0.15, 0.2) is 0 Å². The fraction of sp³-hybridized carbons (Fsp3) is 0.273. The van der Waals surface area contributed by atoms with E-state index in [1.165, 1.54) is 21.5 Å². The Kier molecular flexibility index (Phi) is 8.54. The second kappa shape index (κ2) is 10.9. The lowest BCUT2D eigenvalue weighted by molar-refractivity contribution is -0.00000908. The number of hydrogen-bond donors (Lipinski definition) is 1. The molecule has 1 N–H and O–H groups in total. The third-order valence-electron chi connectivity index (χ3n) is 6.80. The summed E-state index contributed by atoms with van der Waals surface area (Å²) in [6, 6.07) is 37.6. The molecule has 0 heterocycles. The summed E-state index contributed by atoms with van der Waals surface area (Å²) >= 11 is 0. The zero-order valence-corrected chi connectivity index (χ0v) is 24.8. The Morgan fingerprint density at radius 3 is 1.14 bits per heavy atom. The molecule has 0 aromatic heterocycles. The molecule has 188 valence electrons. The summed E-state index contributed by atoms with van der Waals surface area (Å²) in [5, 5.41) is 15.5. The van der Waals surface area contributed by atoms with Gasteiger partial charge in [-0.1, -0.05) is 96.1 Å². The van der Waals surface area contributed by atoms with Gasteiger partial charge in [-0.15, -0.1) is 0 Å². The summed E-state index contributed by atoms with van der Waals surface area (Å²) in [5.41, 5.74) is 3.00. The van der Waals surface area contributed by atoms with Crippen LogP contribution in [0.5, 0.6) is 5.75 Å². The number of rotatable bonds is 5. The van der Waals surface area contributed by atoms with Gasteiger partial charge in [-0.3, -0.25) is 0 Å². The van der Waals surface area contributed by atoms with Gasteiger partial charge in [-0.25, -0.2) is 0 Å². The average Bonchev–Trinajstić information content (AvgIpc) is 2.83. The zero-order valence-electron chi connectivity index (χ0n) is 22.3. The zero-order chi connectivity index (χ0) is 25.3. The van der Waals surface area contributed by atoms with Crippen molar-refractivity contribution in [3.63, 3.8) is 0 Å². The number of benzene rings is 4. The van der Waals surface area contributed by atoms with Crippen LogP contribution in [0.2, 0.25) is 0 Å². The SMILES string of the molecule is CC(C)(C)c1cc(C[P+](c2ccccc2)(c2ccccc2)c2ccccc2)cc(C(C)(C)C)c1O.[Br-]. The monoisotopic (exact) mass is 560 g/mol. The maximum Gasteiger partial charge on any atom is 0.123 e. The normalized spacial score (nSPS) is 12.2. The number of phenolic OH excluding ortho intramolecular Hbond substituents is 1. The highest BCUT2D eigenvalue weighted by Gasteiger charge is 2.45. The van der Waals surface area contributed by atoms with E-state index in [-0.39, 0.29) is 27.8 Å². The van der Waals surface area contributed by atoms with E-state index in [1.807, 2.05) is 0 Å². The van der Waals surface area contributed by atoms with Crippen molar-refractivity contribution in [1.82, 2.24) is 0 Å². The number of aromatic hydroxyl groups is 1. The van der Waals surface area contributed by atoms with E-state index in [0.717, 1.165) is 17.3 Å². The molecule has 4 aromatic rings. The molecule has 0 saturated heterocycles. The molecular weight excluding hydrogens is 523 g/mol. The molecule has 0 spiro atoms. The lowest BCUT2D eigenvalue weighted by atomic mass is 9.78. The Hall–Kier alpha value is -2.41. The quantitative estimate of drug-likeness (QED) is 0.357. The minimum Gasteiger partial charge on any atom is -1.00 e. The Morgan fingerprint density at radius 2 is 0.861 bits per heavy atom. The van der Waals surface area contributed by atoms with Crippen molar-refractivity contribution in [2.24, 2.45) is 0 Å². The molecule has 0 bridgehead atoms. The predicted octanol–water partition coefficient (Wildman–Crippen LogP) is 4.49. The third kappa shape index (κ3) is 5.61. The second-order valence-corrected chi connectivity index (χ2v) is 15.0.